The van der Waals surface area contributed by atoms with E-state index in [0.717, 1.165) is 19.3 Å². The molecule has 2 bridgehead atoms. The summed E-state index contributed by atoms with van der Waals surface area (Å²) >= 11 is 0. The van der Waals surface area contributed by atoms with Crippen molar-refractivity contribution < 1.29 is 33.4 Å². The molecule has 4 unspecified atom stereocenters. The second-order valence-electron chi connectivity index (χ2n) is 15.6. The molecule has 1 aromatic carbocycles. The molecule has 1 N–H and O–H groups in total. The number of piperidine rings is 1. The van der Waals surface area contributed by atoms with Crippen LogP contribution in [0.25, 0.3) is 0 Å². The fourth-order valence-corrected chi connectivity index (χ4v) is 8.42. The van der Waals surface area contributed by atoms with Gasteiger partial charge in [0.25, 0.3) is 5.91 Å². The van der Waals surface area contributed by atoms with E-state index in [0.29, 0.717) is 61.4 Å². The molecule has 1 aromatic rings. The summed E-state index contributed by atoms with van der Waals surface area (Å²) in [5.74, 6) is -0.208. The van der Waals surface area contributed by atoms with Crippen LogP contribution >= 0.6 is 0 Å². The van der Waals surface area contributed by atoms with Gasteiger partial charge in [0.15, 0.2) is 5.60 Å². The topological polar surface area (TPSA) is 118 Å². The lowest BCUT2D eigenvalue weighted by atomic mass is 9.78. The molecule has 2 saturated carbocycles. The van der Waals surface area contributed by atoms with Gasteiger partial charge in [-0.2, -0.15) is 0 Å². The molecule has 4 fully saturated rings. The van der Waals surface area contributed by atoms with Crippen molar-refractivity contribution in [2.75, 3.05) is 43.2 Å². The van der Waals surface area contributed by atoms with Crippen LogP contribution in [0.2, 0.25) is 0 Å². The van der Waals surface area contributed by atoms with E-state index in [1.54, 1.807) is 30.8 Å². The first kappa shape index (κ1) is 33.6. The number of hydrogen-bond acceptors (Lipinski definition) is 7. The molecular weight excluding hydrogens is 600 g/mol. The minimum atomic E-state index is -1.03. The van der Waals surface area contributed by atoms with Gasteiger partial charge in [-0.05, 0) is 89.8 Å². The number of amides is 4. The Morgan fingerprint density at radius 2 is 1.74 bits per heavy atom. The predicted octanol–water partition coefficient (Wildman–Crippen LogP) is 4.76. The largest absolute Gasteiger partial charge is 0.476 e. The number of carbonyl (C=O) groups excluding carboxylic acids is 4. The molecule has 2 saturated heterocycles. The zero-order chi connectivity index (χ0) is 33.8. The number of carbonyl (C=O) groups is 4. The summed E-state index contributed by atoms with van der Waals surface area (Å²) in [6, 6.07) is 5.49. The standard InChI is InChI=1S/C36H52N4O7/c1-21-10-8-11-22(2)30(21)37-31(41)23-16-24-20-38(19-23)34(44)47-35(3,4)26-18-27(26)40(32(24)42)25-12-13-29-28(17-25)39(14-9-15-45-7)33(43)36(5,6)46-29/h12-13,17,21-24,26-27,30H,8-11,14-16,18-20H2,1-7H3,(H,37,41)/t21?,22?,23-,24+,26?,27?,30?/m0/s1. The normalized spacial score (nSPS) is 32.9. The number of fused-ring (bicyclic) bond motifs is 4. The molecule has 0 aromatic heterocycles. The summed E-state index contributed by atoms with van der Waals surface area (Å²) in [5, 5.41) is 3.32. The Hall–Kier alpha value is -3.34. The lowest BCUT2D eigenvalue weighted by Crippen LogP contribution is -2.57. The highest BCUT2D eigenvalue weighted by Gasteiger charge is 2.57. The van der Waals surface area contributed by atoms with Gasteiger partial charge in [0.1, 0.15) is 11.4 Å². The summed E-state index contributed by atoms with van der Waals surface area (Å²) in [4.78, 5) is 60.7. The number of rotatable bonds is 7. The molecule has 11 heteroatoms. The molecule has 2 aliphatic carbocycles. The molecular formula is C36H52N4O7. The number of methoxy groups -OCH3 is 1. The highest BCUT2D eigenvalue weighted by Crippen LogP contribution is 2.50. The number of ether oxygens (including phenoxy) is 3. The van der Waals surface area contributed by atoms with Crippen LogP contribution in [-0.2, 0) is 23.9 Å². The third-order valence-electron chi connectivity index (χ3n) is 11.2. The van der Waals surface area contributed by atoms with Gasteiger partial charge in [0, 0.05) is 57.0 Å². The van der Waals surface area contributed by atoms with Crippen LogP contribution in [-0.4, -0.2) is 85.4 Å². The van der Waals surface area contributed by atoms with Crippen LogP contribution in [0, 0.1) is 29.6 Å². The van der Waals surface area contributed by atoms with Crippen molar-refractivity contribution in [1.29, 1.82) is 0 Å². The smallest absolute Gasteiger partial charge is 0.410 e. The van der Waals surface area contributed by atoms with E-state index in [1.165, 1.54) is 0 Å². The highest BCUT2D eigenvalue weighted by atomic mass is 16.6. The third-order valence-corrected chi connectivity index (χ3v) is 11.2. The summed E-state index contributed by atoms with van der Waals surface area (Å²) in [6.45, 7) is 13.1. The average molecular weight is 653 g/mol. The summed E-state index contributed by atoms with van der Waals surface area (Å²) < 4.78 is 17.5. The second-order valence-corrected chi connectivity index (χ2v) is 15.6. The zero-order valence-electron chi connectivity index (χ0n) is 29.0. The highest BCUT2D eigenvalue weighted by molar-refractivity contribution is 6.04. The summed E-state index contributed by atoms with van der Waals surface area (Å²) in [7, 11) is 1.64. The third kappa shape index (κ3) is 6.44. The molecule has 47 heavy (non-hydrogen) atoms. The van der Waals surface area contributed by atoms with Crippen LogP contribution in [0.15, 0.2) is 18.2 Å². The Labute approximate surface area is 278 Å². The van der Waals surface area contributed by atoms with Crippen molar-refractivity contribution in [3.8, 4) is 5.75 Å². The predicted molar refractivity (Wildman–Crippen MR) is 177 cm³/mol. The van der Waals surface area contributed by atoms with Crippen molar-refractivity contribution >= 4 is 35.2 Å². The molecule has 5 aliphatic rings. The van der Waals surface area contributed by atoms with Gasteiger partial charge < -0.3 is 34.2 Å². The first-order chi connectivity index (χ1) is 22.2. The molecule has 0 spiro atoms. The number of benzene rings is 1. The molecule has 11 nitrogen and oxygen atoms in total. The molecule has 3 aliphatic heterocycles. The maximum Gasteiger partial charge on any atom is 0.410 e. The van der Waals surface area contributed by atoms with Crippen LogP contribution in [0.5, 0.6) is 5.75 Å². The quantitative estimate of drug-likeness (QED) is 0.423. The van der Waals surface area contributed by atoms with Crippen molar-refractivity contribution in [2.24, 2.45) is 29.6 Å². The van der Waals surface area contributed by atoms with Crippen molar-refractivity contribution in [2.45, 2.75) is 103 Å². The van der Waals surface area contributed by atoms with Gasteiger partial charge in [0.05, 0.1) is 17.5 Å². The van der Waals surface area contributed by atoms with Gasteiger partial charge >= 0.3 is 6.09 Å². The maximum absolute atomic E-state index is 14.7. The van der Waals surface area contributed by atoms with Crippen molar-refractivity contribution in [3.63, 3.8) is 0 Å². The molecule has 0 radical (unpaired) electrons. The van der Waals surface area contributed by atoms with E-state index in [1.807, 2.05) is 36.9 Å². The van der Waals surface area contributed by atoms with Gasteiger partial charge in [0.2, 0.25) is 11.8 Å². The SMILES string of the molecule is COCCCN1C(=O)C(C)(C)Oc2ccc(N3C(=O)[C@@H]4C[C@H](C(=O)NC5C(C)CCCC5C)CN(C4)C(=O)OC(C)(C)C4CC43)cc21. The monoisotopic (exact) mass is 652 g/mol. The number of anilines is 2. The molecule has 4 amide bonds. The minimum absolute atomic E-state index is 0.0607. The minimum Gasteiger partial charge on any atom is -0.476 e. The average Bonchev–Trinajstić information content (AvgIpc) is 3.82. The molecule has 6 rings (SSSR count). The summed E-state index contributed by atoms with van der Waals surface area (Å²) in [6.07, 6.45) is 4.52. The Morgan fingerprint density at radius 1 is 1.02 bits per heavy atom. The van der Waals surface area contributed by atoms with Gasteiger partial charge in [-0.3, -0.25) is 14.4 Å². The van der Waals surface area contributed by atoms with Gasteiger partial charge in [-0.25, -0.2) is 4.79 Å². The van der Waals surface area contributed by atoms with E-state index in [2.05, 4.69) is 19.2 Å². The van der Waals surface area contributed by atoms with Gasteiger partial charge in [-0.15, -0.1) is 0 Å². The first-order valence-corrected chi connectivity index (χ1v) is 17.5. The summed E-state index contributed by atoms with van der Waals surface area (Å²) in [5.41, 5.74) is -0.565. The van der Waals surface area contributed by atoms with Crippen LogP contribution in [0.3, 0.4) is 0 Å². The fraction of sp³-hybridized carbons (Fsp3) is 0.722. The van der Waals surface area contributed by atoms with Crippen molar-refractivity contribution in [3.05, 3.63) is 18.2 Å². The second kappa shape index (κ2) is 12.6. The lowest BCUT2D eigenvalue weighted by molar-refractivity contribution is -0.133. The van der Waals surface area contributed by atoms with E-state index in [9.17, 15) is 19.2 Å². The van der Waals surface area contributed by atoms with E-state index < -0.39 is 29.1 Å². The van der Waals surface area contributed by atoms with E-state index in [-0.39, 0.29) is 48.8 Å². The Balaban J connectivity index is 1.33. The fourth-order valence-electron chi connectivity index (χ4n) is 8.42. The maximum atomic E-state index is 14.7. The van der Waals surface area contributed by atoms with Gasteiger partial charge in [-0.1, -0.05) is 20.3 Å². The lowest BCUT2D eigenvalue weighted by Gasteiger charge is -2.43. The Bertz CT molecular complexity index is 1400. The van der Waals surface area contributed by atoms with Crippen LogP contribution < -0.4 is 19.9 Å². The number of nitrogens with one attached hydrogen (secondary N) is 1. The van der Waals surface area contributed by atoms with E-state index >= 15 is 0 Å². The van der Waals surface area contributed by atoms with Crippen LogP contribution in [0.4, 0.5) is 16.2 Å². The Morgan fingerprint density at radius 3 is 2.45 bits per heavy atom. The zero-order valence-corrected chi connectivity index (χ0v) is 29.0. The van der Waals surface area contributed by atoms with Crippen LogP contribution in [0.1, 0.15) is 80.1 Å². The van der Waals surface area contributed by atoms with Crippen molar-refractivity contribution in [1.82, 2.24) is 10.2 Å². The Kier molecular flexibility index (Phi) is 9.00. The number of nitrogens with zero attached hydrogens (tertiary/aromatic N) is 3. The first-order valence-electron chi connectivity index (χ1n) is 17.5. The number of cyclic esters (lactones) is 1. The molecule has 258 valence electrons. The van der Waals surface area contributed by atoms with E-state index in [4.69, 9.17) is 14.2 Å². The molecule has 3 heterocycles. The number of hydrogen-bond donors (Lipinski definition) is 1. The molecule has 6 atom stereocenters.